The molecule has 20 heavy (non-hydrogen) atoms. The number of hydrogen-bond acceptors (Lipinski definition) is 3. The Morgan fingerprint density at radius 1 is 1.40 bits per heavy atom. The molecule has 0 spiro atoms. The van der Waals surface area contributed by atoms with Gasteiger partial charge in [0.05, 0.1) is 6.20 Å². The van der Waals surface area contributed by atoms with Gasteiger partial charge in [-0.3, -0.25) is 9.89 Å². The second-order valence-electron chi connectivity index (χ2n) is 5.78. The molecule has 104 valence electrons. The van der Waals surface area contributed by atoms with Crippen LogP contribution in [0.1, 0.15) is 47.8 Å². The molecule has 0 bridgehead atoms. The van der Waals surface area contributed by atoms with Crippen LogP contribution in [0.15, 0.2) is 18.3 Å². The van der Waals surface area contributed by atoms with Crippen LogP contribution in [0.5, 0.6) is 0 Å². The van der Waals surface area contributed by atoms with Crippen LogP contribution in [0.4, 0.5) is 5.82 Å². The minimum atomic E-state index is -0.175. The highest BCUT2D eigenvalue weighted by atomic mass is 16.2. The van der Waals surface area contributed by atoms with Gasteiger partial charge in [-0.15, -0.1) is 0 Å². The number of nitrogens with zero attached hydrogens (tertiary/aromatic N) is 3. The Balaban J connectivity index is 1.46. The number of carbonyl (C=O) groups is 1. The summed E-state index contributed by atoms with van der Waals surface area (Å²) >= 11 is 0. The summed E-state index contributed by atoms with van der Waals surface area (Å²) < 4.78 is 1.87. The van der Waals surface area contributed by atoms with E-state index in [9.17, 15) is 4.79 Å². The zero-order valence-corrected chi connectivity index (χ0v) is 11.2. The summed E-state index contributed by atoms with van der Waals surface area (Å²) in [6, 6.07) is 3.68. The number of aromatic nitrogens is 4. The van der Waals surface area contributed by atoms with Crippen molar-refractivity contribution in [2.45, 2.75) is 38.1 Å². The van der Waals surface area contributed by atoms with E-state index in [0.29, 0.717) is 11.6 Å². The summed E-state index contributed by atoms with van der Waals surface area (Å²) in [6.07, 6.45) is 6.63. The molecule has 6 heteroatoms. The molecule has 1 amide bonds. The van der Waals surface area contributed by atoms with Gasteiger partial charge in [-0.2, -0.15) is 10.2 Å². The summed E-state index contributed by atoms with van der Waals surface area (Å²) in [5.41, 5.74) is 1.52. The Bertz CT molecular complexity index is 636. The number of amides is 1. The van der Waals surface area contributed by atoms with E-state index in [4.69, 9.17) is 0 Å². The standard InChI is InChI=1S/C14H17N5O/c20-14(12-7-11(17-18-12)10-3-4-10)16-13-5-6-15-19(13)8-9-1-2-9/h5-7,9-10H,1-4,8H2,(H,16,20)(H,17,18). The van der Waals surface area contributed by atoms with E-state index in [2.05, 4.69) is 20.6 Å². The van der Waals surface area contributed by atoms with Crippen LogP contribution in [0.3, 0.4) is 0 Å². The number of aromatic amines is 1. The lowest BCUT2D eigenvalue weighted by Crippen LogP contribution is -2.16. The van der Waals surface area contributed by atoms with Crippen LogP contribution in [0.25, 0.3) is 0 Å². The zero-order valence-electron chi connectivity index (χ0n) is 11.2. The third-order valence-electron chi connectivity index (χ3n) is 3.93. The van der Waals surface area contributed by atoms with Gasteiger partial charge >= 0.3 is 0 Å². The van der Waals surface area contributed by atoms with E-state index in [1.165, 1.54) is 25.7 Å². The van der Waals surface area contributed by atoms with E-state index in [1.807, 2.05) is 16.8 Å². The van der Waals surface area contributed by atoms with Crippen LogP contribution in [0, 0.1) is 5.92 Å². The molecule has 2 N–H and O–H groups in total. The number of nitrogens with one attached hydrogen (secondary N) is 2. The third kappa shape index (κ3) is 2.33. The predicted molar refractivity (Wildman–Crippen MR) is 73.5 cm³/mol. The summed E-state index contributed by atoms with van der Waals surface area (Å²) in [5, 5.41) is 14.2. The molecule has 6 nitrogen and oxygen atoms in total. The lowest BCUT2D eigenvalue weighted by molar-refractivity contribution is 0.102. The zero-order chi connectivity index (χ0) is 13.5. The van der Waals surface area contributed by atoms with E-state index < -0.39 is 0 Å². The molecular formula is C14H17N5O. The van der Waals surface area contributed by atoms with E-state index in [1.54, 1.807) is 6.20 Å². The highest BCUT2D eigenvalue weighted by Gasteiger charge is 2.27. The minimum Gasteiger partial charge on any atom is -0.305 e. The van der Waals surface area contributed by atoms with Crippen LogP contribution < -0.4 is 5.32 Å². The average Bonchev–Trinajstić information content (AvgIpc) is 3.35. The highest BCUT2D eigenvalue weighted by molar-refractivity contribution is 6.02. The Morgan fingerprint density at radius 2 is 2.25 bits per heavy atom. The maximum Gasteiger partial charge on any atom is 0.277 e. The molecule has 2 fully saturated rings. The van der Waals surface area contributed by atoms with Crippen molar-refractivity contribution in [2.75, 3.05) is 5.32 Å². The van der Waals surface area contributed by atoms with Crippen molar-refractivity contribution in [2.24, 2.45) is 5.92 Å². The normalized spacial score (nSPS) is 18.2. The van der Waals surface area contributed by atoms with Gasteiger partial charge in [-0.05, 0) is 37.7 Å². The van der Waals surface area contributed by atoms with Crippen molar-refractivity contribution >= 4 is 11.7 Å². The highest BCUT2D eigenvalue weighted by Crippen LogP contribution is 2.39. The molecular weight excluding hydrogens is 254 g/mol. The molecule has 0 radical (unpaired) electrons. The molecule has 2 aromatic heterocycles. The molecule has 2 heterocycles. The van der Waals surface area contributed by atoms with Gasteiger partial charge in [-0.25, -0.2) is 4.68 Å². The van der Waals surface area contributed by atoms with E-state index in [0.717, 1.165) is 24.0 Å². The molecule has 2 aliphatic carbocycles. The molecule has 2 aliphatic rings. The van der Waals surface area contributed by atoms with Gasteiger partial charge in [0.1, 0.15) is 5.82 Å². The van der Waals surface area contributed by atoms with Crippen molar-refractivity contribution in [3.8, 4) is 0 Å². The van der Waals surface area contributed by atoms with Crippen LogP contribution >= 0.6 is 0 Å². The first kappa shape index (κ1) is 11.7. The lowest BCUT2D eigenvalue weighted by atomic mass is 10.2. The van der Waals surface area contributed by atoms with E-state index in [-0.39, 0.29) is 5.91 Å². The quantitative estimate of drug-likeness (QED) is 0.874. The lowest BCUT2D eigenvalue weighted by Gasteiger charge is -2.06. The second-order valence-corrected chi connectivity index (χ2v) is 5.78. The molecule has 2 aromatic rings. The molecule has 0 aliphatic heterocycles. The number of H-pyrrole nitrogens is 1. The predicted octanol–water partition coefficient (Wildman–Crippen LogP) is 2.15. The maximum absolute atomic E-state index is 12.2. The molecule has 0 unspecified atom stereocenters. The summed E-state index contributed by atoms with van der Waals surface area (Å²) in [5.74, 6) is 1.87. The Labute approximate surface area is 116 Å². The number of anilines is 1. The maximum atomic E-state index is 12.2. The first-order chi connectivity index (χ1) is 9.79. The first-order valence-corrected chi connectivity index (χ1v) is 7.18. The largest absolute Gasteiger partial charge is 0.305 e. The molecule has 4 rings (SSSR count). The van der Waals surface area contributed by atoms with Gasteiger partial charge in [0, 0.05) is 24.2 Å². The van der Waals surface area contributed by atoms with Crippen molar-refractivity contribution in [1.29, 1.82) is 0 Å². The monoisotopic (exact) mass is 271 g/mol. The van der Waals surface area contributed by atoms with Gasteiger partial charge in [-0.1, -0.05) is 0 Å². The summed E-state index contributed by atoms with van der Waals surface area (Å²) in [7, 11) is 0. The smallest absolute Gasteiger partial charge is 0.277 e. The molecule has 0 atom stereocenters. The third-order valence-corrected chi connectivity index (χ3v) is 3.93. The van der Waals surface area contributed by atoms with Crippen LogP contribution in [0.2, 0.25) is 0 Å². The Kier molecular flexibility index (Phi) is 2.61. The Morgan fingerprint density at radius 3 is 3.00 bits per heavy atom. The summed E-state index contributed by atoms with van der Waals surface area (Å²) in [6.45, 7) is 0.885. The molecule has 0 saturated heterocycles. The minimum absolute atomic E-state index is 0.175. The van der Waals surface area contributed by atoms with Crippen molar-refractivity contribution in [1.82, 2.24) is 20.0 Å². The van der Waals surface area contributed by atoms with Gasteiger partial charge < -0.3 is 5.32 Å². The summed E-state index contributed by atoms with van der Waals surface area (Å²) in [4.78, 5) is 12.2. The SMILES string of the molecule is O=C(Nc1ccnn1CC1CC1)c1cc(C2CC2)[nH]n1. The van der Waals surface area contributed by atoms with Gasteiger partial charge in [0.2, 0.25) is 0 Å². The van der Waals surface area contributed by atoms with Crippen molar-refractivity contribution < 1.29 is 4.79 Å². The fourth-order valence-electron chi connectivity index (χ4n) is 2.37. The number of rotatable bonds is 5. The topological polar surface area (TPSA) is 75.6 Å². The van der Waals surface area contributed by atoms with Crippen molar-refractivity contribution in [3.05, 3.63) is 29.7 Å². The van der Waals surface area contributed by atoms with E-state index >= 15 is 0 Å². The first-order valence-electron chi connectivity index (χ1n) is 7.18. The van der Waals surface area contributed by atoms with Gasteiger partial charge in [0.15, 0.2) is 5.69 Å². The number of hydrogen-bond donors (Lipinski definition) is 2. The molecule has 2 saturated carbocycles. The second kappa shape index (κ2) is 4.47. The number of carbonyl (C=O) groups excluding carboxylic acids is 1. The van der Waals surface area contributed by atoms with Crippen LogP contribution in [-0.4, -0.2) is 25.9 Å². The van der Waals surface area contributed by atoms with Crippen molar-refractivity contribution in [3.63, 3.8) is 0 Å². The average molecular weight is 271 g/mol. The van der Waals surface area contributed by atoms with Crippen LogP contribution in [-0.2, 0) is 6.54 Å². The Hall–Kier alpha value is -2.11. The fourth-order valence-corrected chi connectivity index (χ4v) is 2.37. The van der Waals surface area contributed by atoms with Gasteiger partial charge in [0.25, 0.3) is 5.91 Å². The fraction of sp³-hybridized carbons (Fsp3) is 0.500. The molecule has 0 aromatic carbocycles.